The van der Waals surface area contributed by atoms with Gasteiger partial charge in [-0.3, -0.25) is 19.2 Å². The van der Waals surface area contributed by atoms with Crippen LogP contribution in [0.2, 0.25) is 0 Å². The molecule has 6 unspecified atom stereocenters. The van der Waals surface area contributed by atoms with Gasteiger partial charge in [-0.15, -0.1) is 11.3 Å². The molecule has 13 nitrogen and oxygen atoms in total. The number of rotatable bonds is 17. The molecule has 332 valence electrons. The fourth-order valence-electron chi connectivity index (χ4n) is 5.70. The summed E-state index contributed by atoms with van der Waals surface area (Å²) in [4.78, 5) is 62.7. The predicted molar refractivity (Wildman–Crippen MR) is 227 cm³/mol. The van der Waals surface area contributed by atoms with Crippen LogP contribution in [0.15, 0.2) is 41.9 Å². The molecule has 0 saturated carbocycles. The number of thiazole rings is 1. The van der Waals surface area contributed by atoms with E-state index < -0.39 is 0 Å². The molecule has 1 aliphatic rings. The van der Waals surface area contributed by atoms with Crippen molar-refractivity contribution in [3.8, 4) is 0 Å². The van der Waals surface area contributed by atoms with E-state index >= 15 is 0 Å². The molecule has 0 bridgehead atoms. The Morgan fingerprint density at radius 3 is 2.07 bits per heavy atom. The third kappa shape index (κ3) is 24.4. The van der Waals surface area contributed by atoms with Crippen molar-refractivity contribution < 1.29 is 33.4 Å². The summed E-state index contributed by atoms with van der Waals surface area (Å²) in [5.74, 6) is -0.140. The number of aromatic nitrogens is 1. The zero-order valence-electron chi connectivity index (χ0n) is 36.7. The van der Waals surface area contributed by atoms with Crippen LogP contribution in [0, 0.1) is 18.8 Å². The summed E-state index contributed by atoms with van der Waals surface area (Å²) >= 11 is 1.51. The van der Waals surface area contributed by atoms with Gasteiger partial charge >= 0.3 is 0 Å². The Balaban J connectivity index is -0.000000726. The normalized spacial score (nSPS) is 15.4. The molecule has 1 fully saturated rings. The SMILES string of the molecule is CC(C)(C)N[C-]=O.CCC.CCC(C)C(C(CC)OC)N(C)C(=O)CNC=O.COC(C(C)C(=O)NCc1nccs1)C1CCCN1C=O.Cc1ccccc1.[Fm]. The van der Waals surface area contributed by atoms with Gasteiger partial charge in [-0.1, -0.05) is 90.3 Å². The summed E-state index contributed by atoms with van der Waals surface area (Å²) < 4.78 is 11.0. The fourth-order valence-corrected chi connectivity index (χ4v) is 6.26. The molecule has 6 atom stereocenters. The Morgan fingerprint density at radius 1 is 1.07 bits per heavy atom. The number of aryl methyl sites for hydroxylation is 1. The Kier molecular flexibility index (Phi) is 33.0. The zero-order valence-corrected chi connectivity index (χ0v) is 39.9. The number of likely N-dealkylation sites (tertiary alicyclic amines) is 1. The van der Waals surface area contributed by atoms with E-state index in [9.17, 15) is 24.0 Å². The number of nitrogens with zero attached hydrogens (tertiary/aromatic N) is 3. The zero-order chi connectivity index (χ0) is 43.1. The first-order chi connectivity index (χ1) is 26.6. The van der Waals surface area contributed by atoms with Crippen LogP contribution in [0.1, 0.15) is 105 Å². The van der Waals surface area contributed by atoms with Crippen molar-refractivity contribution in [2.45, 2.75) is 138 Å². The van der Waals surface area contributed by atoms with Crippen LogP contribution >= 0.6 is 11.3 Å². The van der Waals surface area contributed by atoms with E-state index in [4.69, 9.17) is 9.47 Å². The second-order valence-electron chi connectivity index (χ2n) is 14.6. The van der Waals surface area contributed by atoms with Gasteiger partial charge in [-0.05, 0) is 52.9 Å². The maximum atomic E-state index is 12.3. The van der Waals surface area contributed by atoms with E-state index in [1.807, 2.05) is 58.2 Å². The predicted octanol–water partition coefficient (Wildman–Crippen LogP) is 5.91. The molecule has 1 aromatic carbocycles. The van der Waals surface area contributed by atoms with Gasteiger partial charge in [0.15, 0.2) is 0 Å². The summed E-state index contributed by atoms with van der Waals surface area (Å²) in [5.41, 5.74) is 1.20. The van der Waals surface area contributed by atoms with Gasteiger partial charge in [0.1, 0.15) is 5.01 Å². The average Bonchev–Trinajstić information content (AvgIpc) is 3.88. The monoisotopic (exact) mass is 1060 g/mol. The second-order valence-corrected chi connectivity index (χ2v) is 15.6. The van der Waals surface area contributed by atoms with E-state index in [1.54, 1.807) is 43.7 Å². The van der Waals surface area contributed by atoms with Crippen molar-refractivity contribution in [3.05, 3.63) is 52.5 Å². The molecule has 0 radical (unpaired) electrons. The molecule has 2 aromatic rings. The molecule has 1 saturated heterocycles. The number of hydrogen-bond acceptors (Lipinski definition) is 9. The van der Waals surface area contributed by atoms with Crippen LogP contribution in [0.4, 0.5) is 0 Å². The number of methoxy groups -OCH3 is 2. The van der Waals surface area contributed by atoms with Crippen molar-refractivity contribution in [2.24, 2.45) is 11.8 Å². The number of carbonyl (C=O) groups is 4. The van der Waals surface area contributed by atoms with E-state index in [1.165, 1.54) is 23.3 Å². The molecule has 3 N–H and O–H groups in total. The van der Waals surface area contributed by atoms with E-state index in [2.05, 4.69) is 67.7 Å². The number of amides is 5. The number of likely N-dealkylation sites (N-methyl/N-ethyl adjacent to an activating group) is 1. The molecule has 0 aliphatic carbocycles. The summed E-state index contributed by atoms with van der Waals surface area (Å²) in [6.07, 6.45) is 9.36. The molecule has 3 rings (SSSR count). The number of ether oxygens (including phenoxy) is 2. The first kappa shape index (κ1) is 56.5. The maximum Gasteiger partial charge on any atom is 0.242 e. The van der Waals surface area contributed by atoms with Crippen LogP contribution in [0.25, 0.3) is 0 Å². The summed E-state index contributed by atoms with van der Waals surface area (Å²) in [5, 5.41) is 10.5. The topological polar surface area (TPSA) is 159 Å². The second kappa shape index (κ2) is 33.3. The first-order valence-electron chi connectivity index (χ1n) is 19.6. The van der Waals surface area contributed by atoms with Crippen molar-refractivity contribution in [1.29, 1.82) is 0 Å². The minimum absolute atomic E-state index is 0. The van der Waals surface area contributed by atoms with Crippen LogP contribution < -0.4 is 16.0 Å². The summed E-state index contributed by atoms with van der Waals surface area (Å²) in [7, 11) is 5.04. The van der Waals surface area contributed by atoms with Crippen LogP contribution in [0.3, 0.4) is 0 Å². The molecule has 1 aliphatic heterocycles. The van der Waals surface area contributed by atoms with E-state index in [-0.39, 0.29) is 54.1 Å². The number of carbonyl (C=O) groups excluding carboxylic acids is 5. The van der Waals surface area contributed by atoms with Crippen molar-refractivity contribution >= 4 is 42.4 Å². The van der Waals surface area contributed by atoms with Gasteiger partial charge in [-0.2, -0.15) is 6.41 Å². The Labute approximate surface area is 342 Å². The molecule has 0 spiro atoms. The van der Waals surface area contributed by atoms with Gasteiger partial charge < -0.3 is 40.0 Å². The minimum atomic E-state index is -0.319. The average molecular weight is 1060 g/mol. The van der Waals surface area contributed by atoms with Gasteiger partial charge in [-0.25, -0.2) is 4.98 Å². The van der Waals surface area contributed by atoms with Gasteiger partial charge in [0, 0.05) is 44.9 Å². The van der Waals surface area contributed by atoms with Crippen molar-refractivity contribution in [3.63, 3.8) is 0 Å². The number of nitrogens with one attached hydrogen (secondary N) is 3. The van der Waals surface area contributed by atoms with Crippen molar-refractivity contribution in [2.75, 3.05) is 34.4 Å². The van der Waals surface area contributed by atoms with Gasteiger partial charge in [0.25, 0.3) is 0 Å². The molecule has 15 heteroatoms. The third-order valence-electron chi connectivity index (χ3n) is 8.79. The smallest absolute Gasteiger partial charge is 0.242 e. The maximum absolute atomic E-state index is 12.3. The minimum Gasteiger partial charge on any atom is -0.526 e. The fraction of sp³-hybridized carbons (Fsp3) is 0.667. The van der Waals surface area contributed by atoms with E-state index in [0.717, 1.165) is 43.6 Å². The first-order valence-corrected chi connectivity index (χ1v) is 20.5. The van der Waals surface area contributed by atoms with Crippen LogP contribution in [0.5, 0.6) is 0 Å². The number of benzene rings is 1. The molecule has 5 amide bonds. The Morgan fingerprint density at radius 2 is 1.68 bits per heavy atom. The van der Waals surface area contributed by atoms with Crippen LogP contribution in [-0.4, -0.2) is 110 Å². The molecule has 1 aromatic heterocycles. The quantitative estimate of drug-likeness (QED) is 0.100. The van der Waals surface area contributed by atoms with Crippen molar-refractivity contribution in [1.82, 2.24) is 30.7 Å². The summed E-state index contributed by atoms with van der Waals surface area (Å²) in [6.45, 7) is 21.3. The third-order valence-corrected chi connectivity index (χ3v) is 9.57. The van der Waals surface area contributed by atoms with Crippen LogP contribution in [-0.2, 0) is 40.0 Å². The molecule has 2 heterocycles. The molecule has 57 heavy (non-hydrogen) atoms. The van der Waals surface area contributed by atoms with Gasteiger partial charge in [0.05, 0.1) is 43.3 Å². The largest absolute Gasteiger partial charge is 0.526 e. The van der Waals surface area contributed by atoms with Gasteiger partial charge in [0.2, 0.25) is 24.6 Å². The number of hydrogen-bond donors (Lipinski definition) is 3. The standard InChI is InChI=1S/C14H21N3O3S.C13H26N2O3.C7H8.C5H10NO.C3H8.Fm/c1-10(14(19)16-8-12-15-5-7-21-12)13(20-2)11-4-3-6-17(11)9-18;1-6-10(3)13(11(7-2)18-5)15(4)12(17)8-14-9-16;1-7-5-3-2-4-6-7;1-5(2,3)6-4-7;1-3-2;/h5,7,9-11,13H,3-4,6,8H2,1-2H3,(H,16,19);9-11,13H,6-8H2,1-5H3,(H,14,16);2-6H,1H3;1-3H3,(H,6,7);3H2,1-2H3;/q;;;-1;;. The molecular formula is C42H73FmN6O7S-. The molecular weight excluding hydrogens is 990 g/mol. The van der Waals surface area contributed by atoms with E-state index in [0.29, 0.717) is 18.9 Å². The Hall–Kier alpha value is -4.88. The Bertz CT molecular complexity index is 1300. The summed E-state index contributed by atoms with van der Waals surface area (Å²) in [6, 6.07) is 10.3.